The summed E-state index contributed by atoms with van der Waals surface area (Å²) in [4.78, 5) is 12.6. The quantitative estimate of drug-likeness (QED) is 0.753. The molecule has 1 N–H and O–H groups in total. The van der Waals surface area contributed by atoms with Crippen LogP contribution < -0.4 is 5.32 Å². The monoisotopic (exact) mass is 315 g/mol. The fourth-order valence-electron chi connectivity index (χ4n) is 3.77. The summed E-state index contributed by atoms with van der Waals surface area (Å²) in [5.41, 5.74) is 3.75. The second-order valence-electron chi connectivity index (χ2n) is 6.53. The number of benzene rings is 3. The second-order valence-corrected chi connectivity index (χ2v) is 6.53. The number of hydrogen-bond donors (Lipinski definition) is 1. The molecule has 3 aromatic rings. The molecule has 24 heavy (non-hydrogen) atoms. The van der Waals surface area contributed by atoms with Gasteiger partial charge in [-0.3, -0.25) is 4.79 Å². The van der Waals surface area contributed by atoms with E-state index in [-0.39, 0.29) is 11.9 Å². The molecular weight excluding hydrogens is 294 g/mol. The minimum Gasteiger partial charge on any atom is -0.349 e. The van der Waals surface area contributed by atoms with Crippen molar-refractivity contribution in [2.45, 2.75) is 31.7 Å². The van der Waals surface area contributed by atoms with Gasteiger partial charge in [0.15, 0.2) is 0 Å². The Morgan fingerprint density at radius 1 is 0.958 bits per heavy atom. The zero-order valence-electron chi connectivity index (χ0n) is 13.7. The van der Waals surface area contributed by atoms with Crippen molar-refractivity contribution in [2.24, 2.45) is 0 Å². The Hall–Kier alpha value is -2.61. The minimum atomic E-state index is 0.105. The summed E-state index contributed by atoms with van der Waals surface area (Å²) in [7, 11) is 0. The van der Waals surface area contributed by atoms with Gasteiger partial charge in [0.1, 0.15) is 0 Å². The number of rotatable bonds is 3. The first kappa shape index (κ1) is 14.9. The van der Waals surface area contributed by atoms with E-state index in [1.54, 1.807) is 0 Å². The topological polar surface area (TPSA) is 29.1 Å². The molecule has 0 unspecified atom stereocenters. The highest BCUT2D eigenvalue weighted by Crippen LogP contribution is 2.29. The van der Waals surface area contributed by atoms with Crippen LogP contribution in [0.3, 0.4) is 0 Å². The van der Waals surface area contributed by atoms with Crippen LogP contribution in [0.15, 0.2) is 66.7 Å². The smallest absolute Gasteiger partial charge is 0.224 e. The Balaban J connectivity index is 1.53. The van der Waals surface area contributed by atoms with Crippen LogP contribution >= 0.6 is 0 Å². The molecule has 4 rings (SSSR count). The Morgan fingerprint density at radius 3 is 2.71 bits per heavy atom. The normalized spacial score (nSPS) is 16.6. The summed E-state index contributed by atoms with van der Waals surface area (Å²) >= 11 is 0. The predicted octanol–water partition coefficient (Wildman–Crippen LogP) is 4.58. The first-order chi connectivity index (χ1) is 11.8. The van der Waals surface area contributed by atoms with Crippen molar-refractivity contribution < 1.29 is 4.79 Å². The highest BCUT2D eigenvalue weighted by Gasteiger charge is 2.21. The van der Waals surface area contributed by atoms with Gasteiger partial charge in [-0.1, -0.05) is 66.7 Å². The average Bonchev–Trinajstić information content (AvgIpc) is 2.62. The van der Waals surface area contributed by atoms with Crippen LogP contribution in [0, 0.1) is 0 Å². The molecule has 0 heterocycles. The van der Waals surface area contributed by atoms with Gasteiger partial charge in [0.25, 0.3) is 0 Å². The fraction of sp³-hybridized carbons (Fsp3) is 0.227. The van der Waals surface area contributed by atoms with Gasteiger partial charge < -0.3 is 5.32 Å². The maximum absolute atomic E-state index is 12.6. The highest BCUT2D eigenvalue weighted by molar-refractivity contribution is 5.90. The number of carbonyl (C=O) groups excluding carboxylic acids is 1. The molecule has 1 amide bonds. The van der Waals surface area contributed by atoms with Crippen molar-refractivity contribution in [1.29, 1.82) is 0 Å². The molecule has 0 saturated heterocycles. The van der Waals surface area contributed by atoms with Crippen LogP contribution in [-0.4, -0.2) is 5.91 Å². The van der Waals surface area contributed by atoms with E-state index in [1.807, 2.05) is 18.2 Å². The van der Waals surface area contributed by atoms with Crippen molar-refractivity contribution in [3.05, 3.63) is 83.4 Å². The summed E-state index contributed by atoms with van der Waals surface area (Å²) in [6.07, 6.45) is 3.71. The van der Waals surface area contributed by atoms with Gasteiger partial charge in [-0.25, -0.2) is 0 Å². The molecule has 0 bridgehead atoms. The maximum atomic E-state index is 12.6. The van der Waals surface area contributed by atoms with Crippen LogP contribution in [0.25, 0.3) is 10.8 Å². The zero-order chi connectivity index (χ0) is 16.4. The summed E-state index contributed by atoms with van der Waals surface area (Å²) in [6.45, 7) is 0. The first-order valence-corrected chi connectivity index (χ1v) is 8.65. The van der Waals surface area contributed by atoms with E-state index in [2.05, 4.69) is 53.8 Å². The largest absolute Gasteiger partial charge is 0.349 e. The summed E-state index contributed by atoms with van der Waals surface area (Å²) in [5.74, 6) is 0.105. The van der Waals surface area contributed by atoms with E-state index in [0.29, 0.717) is 6.42 Å². The van der Waals surface area contributed by atoms with Crippen molar-refractivity contribution >= 4 is 16.7 Å². The lowest BCUT2D eigenvalue weighted by molar-refractivity contribution is -0.121. The minimum absolute atomic E-state index is 0.105. The zero-order valence-corrected chi connectivity index (χ0v) is 13.7. The summed E-state index contributed by atoms with van der Waals surface area (Å²) in [5, 5.41) is 5.60. The fourth-order valence-corrected chi connectivity index (χ4v) is 3.77. The molecule has 120 valence electrons. The van der Waals surface area contributed by atoms with Crippen LogP contribution in [0.1, 0.15) is 35.6 Å². The third-order valence-corrected chi connectivity index (χ3v) is 4.94. The van der Waals surface area contributed by atoms with Crippen molar-refractivity contribution in [2.75, 3.05) is 0 Å². The first-order valence-electron chi connectivity index (χ1n) is 8.65. The van der Waals surface area contributed by atoms with Gasteiger partial charge in [0, 0.05) is 0 Å². The number of carbonyl (C=O) groups is 1. The van der Waals surface area contributed by atoms with E-state index in [0.717, 1.165) is 24.8 Å². The number of aryl methyl sites for hydroxylation is 1. The molecule has 3 aromatic carbocycles. The average molecular weight is 315 g/mol. The SMILES string of the molecule is O=C(Cc1cccc2ccccc12)N[C@@H]1CCCc2ccccc21. The lowest BCUT2D eigenvalue weighted by atomic mass is 9.87. The van der Waals surface area contributed by atoms with E-state index in [1.165, 1.54) is 21.9 Å². The van der Waals surface area contributed by atoms with Gasteiger partial charge in [0.2, 0.25) is 5.91 Å². The number of fused-ring (bicyclic) bond motifs is 2. The number of hydrogen-bond acceptors (Lipinski definition) is 1. The van der Waals surface area contributed by atoms with E-state index in [9.17, 15) is 4.79 Å². The van der Waals surface area contributed by atoms with E-state index in [4.69, 9.17) is 0 Å². The summed E-state index contributed by atoms with van der Waals surface area (Å²) < 4.78 is 0. The highest BCUT2D eigenvalue weighted by atomic mass is 16.1. The van der Waals surface area contributed by atoms with E-state index < -0.39 is 0 Å². The van der Waals surface area contributed by atoms with Crippen molar-refractivity contribution in [1.82, 2.24) is 5.32 Å². The van der Waals surface area contributed by atoms with Crippen molar-refractivity contribution in [3.63, 3.8) is 0 Å². The molecule has 0 radical (unpaired) electrons. The Morgan fingerprint density at radius 2 is 1.75 bits per heavy atom. The Bertz CT molecular complexity index is 879. The molecule has 2 nitrogen and oxygen atoms in total. The van der Waals surface area contributed by atoms with Gasteiger partial charge in [-0.05, 0) is 46.7 Å². The molecule has 1 aliphatic rings. The van der Waals surface area contributed by atoms with Gasteiger partial charge in [0.05, 0.1) is 12.5 Å². The molecular formula is C22H21NO. The standard InChI is InChI=1S/C22H21NO/c24-22(15-18-11-5-9-16-7-1-3-12-19(16)18)23-21-14-6-10-17-8-2-4-13-20(17)21/h1-5,7-9,11-13,21H,6,10,14-15H2,(H,23,24)/t21-/m1/s1. The van der Waals surface area contributed by atoms with Crippen molar-refractivity contribution in [3.8, 4) is 0 Å². The third kappa shape index (κ3) is 2.92. The van der Waals surface area contributed by atoms with Gasteiger partial charge in [-0.15, -0.1) is 0 Å². The lowest BCUT2D eigenvalue weighted by Gasteiger charge is -2.26. The molecule has 0 aromatic heterocycles. The molecule has 0 aliphatic heterocycles. The molecule has 1 atom stereocenters. The van der Waals surface area contributed by atoms with Crippen LogP contribution in [0.4, 0.5) is 0 Å². The summed E-state index contributed by atoms with van der Waals surface area (Å²) in [6, 6.07) is 23.0. The molecule has 0 saturated carbocycles. The number of amides is 1. The Labute approximate surface area is 142 Å². The number of nitrogens with one attached hydrogen (secondary N) is 1. The Kier molecular flexibility index (Phi) is 4.04. The van der Waals surface area contributed by atoms with Crippen LogP contribution in [0.5, 0.6) is 0 Å². The van der Waals surface area contributed by atoms with Gasteiger partial charge in [-0.2, -0.15) is 0 Å². The lowest BCUT2D eigenvalue weighted by Crippen LogP contribution is -2.32. The molecule has 0 fully saturated rings. The molecule has 0 spiro atoms. The van der Waals surface area contributed by atoms with Crippen LogP contribution in [-0.2, 0) is 17.6 Å². The second kappa shape index (κ2) is 6.48. The predicted molar refractivity (Wildman–Crippen MR) is 97.9 cm³/mol. The van der Waals surface area contributed by atoms with Gasteiger partial charge >= 0.3 is 0 Å². The molecule has 2 heteroatoms. The van der Waals surface area contributed by atoms with Crippen LogP contribution in [0.2, 0.25) is 0 Å². The maximum Gasteiger partial charge on any atom is 0.224 e. The third-order valence-electron chi connectivity index (χ3n) is 4.94. The van der Waals surface area contributed by atoms with E-state index >= 15 is 0 Å². The molecule has 1 aliphatic carbocycles.